The molecule has 2 N–H and O–H groups in total. The molecule has 136 valence electrons. The third-order valence-electron chi connectivity index (χ3n) is 4.13. The van der Waals surface area contributed by atoms with Gasteiger partial charge in [0.05, 0.1) is 12.7 Å². The van der Waals surface area contributed by atoms with Crippen LogP contribution in [0.25, 0.3) is 0 Å². The van der Waals surface area contributed by atoms with E-state index < -0.39 is 0 Å². The second-order valence-electron chi connectivity index (χ2n) is 7.62. The fourth-order valence-corrected chi connectivity index (χ4v) is 2.88. The molecule has 1 saturated heterocycles. The zero-order chi connectivity index (χ0) is 17.2. The van der Waals surface area contributed by atoms with Crippen molar-refractivity contribution in [2.75, 3.05) is 39.8 Å². The van der Waals surface area contributed by atoms with Crippen molar-refractivity contribution in [1.82, 2.24) is 15.5 Å². The van der Waals surface area contributed by atoms with Gasteiger partial charge >= 0.3 is 0 Å². The van der Waals surface area contributed by atoms with Crippen LogP contribution < -0.4 is 10.6 Å². The van der Waals surface area contributed by atoms with Crippen LogP contribution in [0.4, 0.5) is 0 Å². The average Bonchev–Trinajstić information content (AvgIpc) is 2.49. The Morgan fingerprint density at radius 3 is 2.52 bits per heavy atom. The van der Waals surface area contributed by atoms with E-state index in [0.29, 0.717) is 12.0 Å². The molecule has 1 fully saturated rings. The molecule has 0 saturated carbocycles. The fourth-order valence-electron chi connectivity index (χ4n) is 2.88. The van der Waals surface area contributed by atoms with Crippen molar-refractivity contribution in [3.63, 3.8) is 0 Å². The van der Waals surface area contributed by atoms with E-state index in [2.05, 4.69) is 55.1 Å². The van der Waals surface area contributed by atoms with Crippen LogP contribution in [0.5, 0.6) is 0 Å². The molecular weight excluding hydrogens is 288 g/mol. The van der Waals surface area contributed by atoms with Gasteiger partial charge in [0.15, 0.2) is 5.96 Å². The van der Waals surface area contributed by atoms with Crippen molar-refractivity contribution >= 4 is 5.96 Å². The van der Waals surface area contributed by atoms with E-state index in [0.717, 1.165) is 44.7 Å². The lowest BCUT2D eigenvalue weighted by atomic mass is 10.0. The Kier molecular flexibility index (Phi) is 9.56. The lowest BCUT2D eigenvalue weighted by molar-refractivity contribution is -0.0284. The number of hydrogen-bond acceptors (Lipinski definition) is 3. The maximum Gasteiger partial charge on any atom is 0.191 e. The fraction of sp³-hybridized carbons (Fsp3) is 0.944. The average molecular weight is 327 g/mol. The standard InChI is InChI=1S/C18H38N4O/c1-14(2)7-8-16(5)21-18(19-6)20-11-17-13-22(9-10-23-17)12-15(3)4/h14-17H,7-13H2,1-6H3,(H2,19,20,21). The molecule has 0 aromatic heterocycles. The summed E-state index contributed by atoms with van der Waals surface area (Å²) in [6.07, 6.45) is 2.65. The highest BCUT2D eigenvalue weighted by Crippen LogP contribution is 2.08. The van der Waals surface area contributed by atoms with E-state index in [1.54, 1.807) is 0 Å². The number of rotatable bonds is 8. The summed E-state index contributed by atoms with van der Waals surface area (Å²) in [5, 5.41) is 6.89. The molecule has 0 aromatic carbocycles. The largest absolute Gasteiger partial charge is 0.374 e. The van der Waals surface area contributed by atoms with Crippen LogP contribution in [0.1, 0.15) is 47.5 Å². The van der Waals surface area contributed by atoms with Gasteiger partial charge in [-0.25, -0.2) is 0 Å². The molecule has 2 atom stereocenters. The van der Waals surface area contributed by atoms with E-state index in [9.17, 15) is 0 Å². The van der Waals surface area contributed by atoms with Gasteiger partial charge in [-0.05, 0) is 31.6 Å². The first-order valence-corrected chi connectivity index (χ1v) is 9.21. The first-order valence-electron chi connectivity index (χ1n) is 9.21. The third kappa shape index (κ3) is 9.16. The van der Waals surface area contributed by atoms with Gasteiger partial charge in [0.1, 0.15) is 0 Å². The van der Waals surface area contributed by atoms with E-state index in [1.165, 1.54) is 12.8 Å². The topological polar surface area (TPSA) is 48.9 Å². The van der Waals surface area contributed by atoms with Crippen LogP contribution >= 0.6 is 0 Å². The molecule has 1 aliphatic heterocycles. The first-order chi connectivity index (χ1) is 10.9. The number of guanidine groups is 1. The Hall–Kier alpha value is -0.810. The number of ether oxygens (including phenoxy) is 1. The van der Waals surface area contributed by atoms with Crippen LogP contribution in [0, 0.1) is 11.8 Å². The van der Waals surface area contributed by atoms with E-state index in [4.69, 9.17) is 4.74 Å². The molecule has 0 aromatic rings. The smallest absolute Gasteiger partial charge is 0.191 e. The summed E-state index contributed by atoms with van der Waals surface area (Å²) in [5.74, 6) is 2.33. The lowest BCUT2D eigenvalue weighted by Gasteiger charge is -2.34. The number of aliphatic imine (C=N–C) groups is 1. The second kappa shape index (κ2) is 10.9. The highest BCUT2D eigenvalue weighted by Gasteiger charge is 2.21. The zero-order valence-corrected chi connectivity index (χ0v) is 16.1. The highest BCUT2D eigenvalue weighted by atomic mass is 16.5. The molecule has 2 unspecified atom stereocenters. The van der Waals surface area contributed by atoms with Gasteiger partial charge in [0, 0.05) is 39.3 Å². The molecule has 0 amide bonds. The minimum atomic E-state index is 0.243. The number of morpholine rings is 1. The summed E-state index contributed by atoms with van der Waals surface area (Å²) in [5.41, 5.74) is 0. The van der Waals surface area contributed by atoms with Gasteiger partial charge in [0.2, 0.25) is 0 Å². The van der Waals surface area contributed by atoms with Crippen LogP contribution in [0.15, 0.2) is 4.99 Å². The molecular formula is C18H38N4O. The van der Waals surface area contributed by atoms with Crippen LogP contribution in [-0.2, 0) is 4.74 Å². The van der Waals surface area contributed by atoms with Gasteiger partial charge in [-0.15, -0.1) is 0 Å². The summed E-state index contributed by atoms with van der Waals surface area (Å²) in [6.45, 7) is 16.1. The van der Waals surface area contributed by atoms with Gasteiger partial charge in [-0.2, -0.15) is 0 Å². The number of nitrogens with zero attached hydrogens (tertiary/aromatic N) is 2. The zero-order valence-electron chi connectivity index (χ0n) is 16.1. The molecule has 0 radical (unpaired) electrons. The second-order valence-corrected chi connectivity index (χ2v) is 7.62. The van der Waals surface area contributed by atoms with Gasteiger partial charge in [-0.3, -0.25) is 9.89 Å². The predicted molar refractivity (Wildman–Crippen MR) is 99.0 cm³/mol. The Morgan fingerprint density at radius 2 is 1.91 bits per heavy atom. The lowest BCUT2D eigenvalue weighted by Crippen LogP contribution is -2.51. The quantitative estimate of drug-likeness (QED) is 0.531. The Balaban J connectivity index is 2.30. The summed E-state index contributed by atoms with van der Waals surface area (Å²) in [7, 11) is 1.83. The highest BCUT2D eigenvalue weighted by molar-refractivity contribution is 5.79. The van der Waals surface area contributed by atoms with Crippen molar-refractivity contribution in [3.8, 4) is 0 Å². The summed E-state index contributed by atoms with van der Waals surface area (Å²) < 4.78 is 5.88. The van der Waals surface area contributed by atoms with Crippen molar-refractivity contribution < 1.29 is 4.74 Å². The summed E-state index contributed by atoms with van der Waals surface area (Å²) in [6, 6.07) is 0.438. The maximum atomic E-state index is 5.88. The molecule has 1 heterocycles. The normalized spacial score (nSPS) is 21.7. The molecule has 23 heavy (non-hydrogen) atoms. The number of hydrogen-bond donors (Lipinski definition) is 2. The van der Waals surface area contributed by atoms with Crippen LogP contribution in [0.3, 0.4) is 0 Å². The predicted octanol–water partition coefficient (Wildman–Crippen LogP) is 2.33. The molecule has 0 spiro atoms. The Bertz CT molecular complexity index is 344. The molecule has 0 aliphatic carbocycles. The van der Waals surface area contributed by atoms with Crippen molar-refractivity contribution in [1.29, 1.82) is 0 Å². The summed E-state index contributed by atoms with van der Waals surface area (Å²) in [4.78, 5) is 6.83. The summed E-state index contributed by atoms with van der Waals surface area (Å²) >= 11 is 0. The monoisotopic (exact) mass is 326 g/mol. The molecule has 0 bridgehead atoms. The van der Waals surface area contributed by atoms with Crippen molar-refractivity contribution in [3.05, 3.63) is 0 Å². The van der Waals surface area contributed by atoms with Gasteiger partial charge in [-0.1, -0.05) is 27.7 Å². The molecule has 1 rings (SSSR count). The minimum Gasteiger partial charge on any atom is -0.374 e. The van der Waals surface area contributed by atoms with Gasteiger partial charge < -0.3 is 15.4 Å². The molecule has 1 aliphatic rings. The molecule has 5 heteroatoms. The Morgan fingerprint density at radius 1 is 1.17 bits per heavy atom. The first kappa shape index (κ1) is 20.2. The Labute approximate surface area is 143 Å². The minimum absolute atomic E-state index is 0.243. The maximum absolute atomic E-state index is 5.88. The van der Waals surface area contributed by atoms with Crippen molar-refractivity contribution in [2.45, 2.75) is 59.6 Å². The van der Waals surface area contributed by atoms with Crippen molar-refractivity contribution in [2.24, 2.45) is 16.8 Å². The van der Waals surface area contributed by atoms with E-state index in [-0.39, 0.29) is 6.10 Å². The van der Waals surface area contributed by atoms with E-state index in [1.807, 2.05) is 7.05 Å². The van der Waals surface area contributed by atoms with Gasteiger partial charge in [0.25, 0.3) is 0 Å². The number of nitrogens with one attached hydrogen (secondary N) is 2. The third-order valence-corrected chi connectivity index (χ3v) is 4.13. The van der Waals surface area contributed by atoms with E-state index >= 15 is 0 Å². The SMILES string of the molecule is CN=C(NCC1CN(CC(C)C)CCO1)NC(C)CCC(C)C. The van der Waals surface area contributed by atoms with Crippen LogP contribution in [0.2, 0.25) is 0 Å². The van der Waals surface area contributed by atoms with Crippen LogP contribution in [-0.4, -0.2) is 62.8 Å². The molecule has 5 nitrogen and oxygen atoms in total.